The predicted molar refractivity (Wildman–Crippen MR) is 104 cm³/mol. The summed E-state index contributed by atoms with van der Waals surface area (Å²) in [5.74, 6) is -90.0. The van der Waals surface area contributed by atoms with E-state index in [-0.39, 0.29) is 13.8 Å². The first-order valence-corrected chi connectivity index (χ1v) is 11.9. The third-order valence-electron chi connectivity index (χ3n) is 6.91. The van der Waals surface area contributed by atoms with Gasteiger partial charge in [-0.15, -0.1) is 0 Å². The van der Waals surface area contributed by atoms with Gasteiger partial charge in [0.2, 0.25) is 0 Å². The van der Waals surface area contributed by atoms with Crippen molar-refractivity contribution in [2.45, 2.75) is 97.5 Å². The Hall–Kier alpha value is -2.88. The van der Waals surface area contributed by atoms with Gasteiger partial charge in [-0.1, -0.05) is 0 Å². The second kappa shape index (κ2) is 11.8. The van der Waals surface area contributed by atoms with Crippen LogP contribution in [0.2, 0.25) is 0 Å². The average molecular weight is 806 g/mol. The minimum absolute atomic E-state index is 0.0335. The molecule has 2 unspecified atom stereocenters. The van der Waals surface area contributed by atoms with Gasteiger partial charge < -0.3 is 9.80 Å². The van der Waals surface area contributed by atoms with E-state index in [2.05, 4.69) is 0 Å². The molecular formula is C20H12F26N2O2. The Morgan fingerprint density at radius 1 is 0.360 bits per heavy atom. The highest BCUT2D eigenvalue weighted by molar-refractivity contribution is 5.87. The molecule has 4 nitrogen and oxygen atoms in total. The maximum atomic E-state index is 14.3. The zero-order valence-corrected chi connectivity index (χ0v) is 23.1. The molecule has 0 spiro atoms. The number of rotatable bonds is 10. The summed E-state index contributed by atoms with van der Waals surface area (Å²) in [6.07, 6.45) is -15.7. The van der Waals surface area contributed by atoms with E-state index in [1.807, 2.05) is 0 Å². The van der Waals surface area contributed by atoms with E-state index in [0.717, 1.165) is 0 Å². The van der Waals surface area contributed by atoms with Gasteiger partial charge in [0.25, 0.3) is 11.8 Å². The Bertz CT molecular complexity index is 1200. The van der Waals surface area contributed by atoms with Crippen molar-refractivity contribution in [3.63, 3.8) is 0 Å². The normalized spacial score (nSPS) is 20.7. The van der Waals surface area contributed by atoms with Crippen LogP contribution >= 0.6 is 0 Å². The summed E-state index contributed by atoms with van der Waals surface area (Å²) in [7, 11) is 0. The largest absolute Gasteiger partial charge is 0.460 e. The Balaban J connectivity index is 3.55. The fraction of sp³-hybridized carbons (Fsp3) is 0.900. The summed E-state index contributed by atoms with van der Waals surface area (Å²) >= 11 is 0. The second-order valence-corrected chi connectivity index (χ2v) is 10.4. The smallest absolute Gasteiger partial charge is 0.331 e. The molecule has 1 rings (SSSR count). The van der Waals surface area contributed by atoms with Crippen LogP contribution in [0.25, 0.3) is 0 Å². The Labute approximate surface area is 257 Å². The third kappa shape index (κ3) is 5.79. The number of amides is 2. The lowest BCUT2D eigenvalue weighted by Gasteiger charge is -2.47. The van der Waals surface area contributed by atoms with Crippen LogP contribution in [0.1, 0.15) is 13.8 Å². The molecule has 1 aliphatic rings. The van der Waals surface area contributed by atoms with Gasteiger partial charge in [-0.05, 0) is 13.8 Å². The minimum atomic E-state index is -8.52. The van der Waals surface area contributed by atoms with Gasteiger partial charge in [-0.2, -0.15) is 114 Å². The molecule has 1 fully saturated rings. The molecule has 0 radical (unpaired) electrons. The molecule has 1 saturated heterocycles. The summed E-state index contributed by atoms with van der Waals surface area (Å²) in [6, 6.07) is -5.67. The standard InChI is InChI=1S/C20H12F26N2O2/c1-5-3-48(8(50)10(23,24)12(27,28)14(31,32)16(35,36)18(39,40)20(44,45)46)6(2)4-47(5)7(49)9(21,22)11(25,26)13(29,30)15(33,34)17(37,38)19(41,42)43/h5-6H,3-4H2,1-2H3. The van der Waals surface area contributed by atoms with Gasteiger partial charge in [-0.25, -0.2) is 0 Å². The van der Waals surface area contributed by atoms with Crippen LogP contribution in [-0.2, 0) is 9.59 Å². The molecule has 0 aromatic carbocycles. The van der Waals surface area contributed by atoms with Crippen molar-refractivity contribution in [1.29, 1.82) is 0 Å². The highest BCUT2D eigenvalue weighted by Crippen LogP contribution is 2.62. The lowest BCUT2D eigenvalue weighted by atomic mass is 9.92. The lowest BCUT2D eigenvalue weighted by Crippen LogP contribution is -2.74. The van der Waals surface area contributed by atoms with E-state index in [9.17, 15) is 124 Å². The van der Waals surface area contributed by atoms with Crippen molar-refractivity contribution in [1.82, 2.24) is 9.80 Å². The van der Waals surface area contributed by atoms with Crippen LogP contribution in [0.15, 0.2) is 0 Å². The van der Waals surface area contributed by atoms with Crippen LogP contribution in [0.4, 0.5) is 114 Å². The van der Waals surface area contributed by atoms with Gasteiger partial charge in [0, 0.05) is 25.2 Å². The van der Waals surface area contributed by atoms with Crippen molar-refractivity contribution < 1.29 is 124 Å². The van der Waals surface area contributed by atoms with Crippen LogP contribution in [0.3, 0.4) is 0 Å². The third-order valence-corrected chi connectivity index (χ3v) is 6.91. The van der Waals surface area contributed by atoms with Gasteiger partial charge >= 0.3 is 71.6 Å². The van der Waals surface area contributed by atoms with Crippen molar-refractivity contribution in [2.75, 3.05) is 13.1 Å². The molecule has 1 heterocycles. The van der Waals surface area contributed by atoms with Crippen molar-refractivity contribution in [3.8, 4) is 0 Å². The quantitative estimate of drug-likeness (QED) is 0.211. The summed E-state index contributed by atoms with van der Waals surface area (Å²) in [4.78, 5) is 22.1. The molecule has 2 amide bonds. The molecule has 296 valence electrons. The lowest BCUT2D eigenvalue weighted by molar-refractivity contribution is -0.436. The predicted octanol–water partition coefficient (Wildman–Crippen LogP) is 7.91. The molecule has 0 N–H and O–H groups in total. The second-order valence-electron chi connectivity index (χ2n) is 10.4. The van der Waals surface area contributed by atoms with Gasteiger partial charge in [0.15, 0.2) is 0 Å². The highest BCUT2D eigenvalue weighted by atomic mass is 19.4. The average Bonchev–Trinajstić information content (AvgIpc) is 2.90. The number of hydrogen-bond acceptors (Lipinski definition) is 2. The van der Waals surface area contributed by atoms with Gasteiger partial charge in [0.1, 0.15) is 0 Å². The zero-order valence-electron chi connectivity index (χ0n) is 23.1. The molecule has 2 atom stereocenters. The number of halogens is 26. The first-order valence-electron chi connectivity index (χ1n) is 11.9. The van der Waals surface area contributed by atoms with Crippen molar-refractivity contribution >= 4 is 11.8 Å². The van der Waals surface area contributed by atoms with Crippen LogP contribution in [0, 0.1) is 0 Å². The number of alkyl halides is 26. The molecule has 30 heteroatoms. The molecule has 50 heavy (non-hydrogen) atoms. The van der Waals surface area contributed by atoms with Crippen LogP contribution in [0.5, 0.6) is 0 Å². The summed E-state index contributed by atoms with van der Waals surface area (Å²) in [5.41, 5.74) is 0. The SMILES string of the molecule is CC1CN(C(=O)C(F)(F)C(F)(F)C(F)(F)C(F)(F)C(F)(F)C(F)(F)F)C(C)CN1C(=O)C(F)(F)C(F)(F)C(F)(F)C(F)(F)C(F)(F)C(F)(F)F. The topological polar surface area (TPSA) is 40.6 Å². The van der Waals surface area contributed by atoms with Crippen molar-refractivity contribution in [2.24, 2.45) is 0 Å². The van der Waals surface area contributed by atoms with E-state index in [1.165, 1.54) is 0 Å². The molecule has 0 aliphatic carbocycles. The molecule has 0 saturated carbocycles. The number of carbonyl (C=O) groups excluding carboxylic acids is 2. The molecule has 0 aromatic rings. The maximum absolute atomic E-state index is 14.3. The van der Waals surface area contributed by atoms with E-state index in [4.69, 9.17) is 0 Å². The number of hydrogen-bond donors (Lipinski definition) is 0. The molecule has 1 aliphatic heterocycles. The zero-order chi connectivity index (χ0) is 40.9. The Kier molecular flexibility index (Phi) is 10.7. The van der Waals surface area contributed by atoms with Gasteiger partial charge in [-0.3, -0.25) is 9.59 Å². The molecule has 0 aromatic heterocycles. The van der Waals surface area contributed by atoms with Gasteiger partial charge in [0.05, 0.1) is 0 Å². The number of piperazine rings is 1. The Morgan fingerprint density at radius 2 is 0.540 bits per heavy atom. The van der Waals surface area contributed by atoms with Crippen molar-refractivity contribution in [3.05, 3.63) is 0 Å². The highest BCUT2D eigenvalue weighted by Gasteiger charge is 2.93. The summed E-state index contributed by atoms with van der Waals surface area (Å²) in [5, 5.41) is 0. The maximum Gasteiger partial charge on any atom is 0.460 e. The van der Waals surface area contributed by atoms with E-state index in [1.54, 1.807) is 0 Å². The fourth-order valence-corrected chi connectivity index (χ4v) is 3.86. The molecule has 0 bridgehead atoms. The van der Waals surface area contributed by atoms with E-state index in [0.29, 0.717) is 0 Å². The van der Waals surface area contributed by atoms with Crippen LogP contribution < -0.4 is 0 Å². The number of nitrogens with zero attached hydrogens (tertiary/aromatic N) is 2. The first-order chi connectivity index (χ1) is 21.4. The minimum Gasteiger partial charge on any atom is -0.331 e. The monoisotopic (exact) mass is 806 g/mol. The summed E-state index contributed by atoms with van der Waals surface area (Å²) < 4.78 is 348. The Morgan fingerprint density at radius 3 is 0.720 bits per heavy atom. The fourth-order valence-electron chi connectivity index (χ4n) is 3.86. The number of carbonyl (C=O) groups is 2. The van der Waals surface area contributed by atoms with E-state index < -0.39 is 118 Å². The summed E-state index contributed by atoms with van der Waals surface area (Å²) in [6.45, 7) is -4.35. The first kappa shape index (κ1) is 45.1. The van der Waals surface area contributed by atoms with Crippen LogP contribution in [-0.4, -0.2) is 118 Å². The van der Waals surface area contributed by atoms with E-state index >= 15 is 0 Å². The molecular weight excluding hydrogens is 794 g/mol.